The predicted octanol–water partition coefficient (Wildman–Crippen LogP) is 1.41. The lowest BCUT2D eigenvalue weighted by molar-refractivity contribution is -0.141. The highest BCUT2D eigenvalue weighted by atomic mass is 79.9. The Morgan fingerprint density at radius 1 is 1.32 bits per heavy atom. The van der Waals surface area contributed by atoms with Gasteiger partial charge in [0.15, 0.2) is 0 Å². The number of aliphatic carboxylic acids is 1. The Kier molecular flexibility index (Phi) is 6.24. The lowest BCUT2D eigenvalue weighted by atomic mass is 10.2. The second-order valence-electron chi connectivity index (χ2n) is 3.80. The molecule has 6 heteroatoms. The van der Waals surface area contributed by atoms with E-state index in [4.69, 9.17) is 10.2 Å². The van der Waals surface area contributed by atoms with E-state index < -0.39 is 17.9 Å². The molecule has 19 heavy (non-hydrogen) atoms. The van der Waals surface area contributed by atoms with Crippen molar-refractivity contribution in [3.63, 3.8) is 0 Å². The van der Waals surface area contributed by atoms with Crippen molar-refractivity contribution in [1.82, 2.24) is 5.32 Å². The van der Waals surface area contributed by atoms with Gasteiger partial charge in [-0.25, -0.2) is 4.79 Å². The average Bonchev–Trinajstić information content (AvgIpc) is 2.37. The van der Waals surface area contributed by atoms with Gasteiger partial charge in [-0.05, 0) is 23.8 Å². The Bertz CT molecular complexity index is 470. The number of hydrogen-bond donors (Lipinski definition) is 3. The van der Waals surface area contributed by atoms with E-state index in [1.807, 2.05) is 24.3 Å². The highest BCUT2D eigenvalue weighted by molar-refractivity contribution is 9.10. The van der Waals surface area contributed by atoms with Crippen LogP contribution in [-0.4, -0.2) is 34.7 Å². The summed E-state index contributed by atoms with van der Waals surface area (Å²) in [4.78, 5) is 22.3. The fourth-order valence-corrected chi connectivity index (χ4v) is 1.62. The number of hydrogen-bond acceptors (Lipinski definition) is 3. The summed E-state index contributed by atoms with van der Waals surface area (Å²) in [5, 5.41) is 19.8. The van der Waals surface area contributed by atoms with Crippen LogP contribution in [0.25, 0.3) is 6.08 Å². The van der Waals surface area contributed by atoms with E-state index in [1.54, 1.807) is 6.08 Å². The van der Waals surface area contributed by atoms with Gasteiger partial charge in [-0.2, -0.15) is 0 Å². The molecule has 0 saturated heterocycles. The van der Waals surface area contributed by atoms with Gasteiger partial charge < -0.3 is 15.5 Å². The number of rotatable bonds is 6. The molecular weight excluding hydrogens is 314 g/mol. The van der Waals surface area contributed by atoms with E-state index in [9.17, 15) is 9.59 Å². The monoisotopic (exact) mass is 327 g/mol. The number of halogens is 1. The Balaban J connectivity index is 2.58. The topological polar surface area (TPSA) is 86.6 Å². The fraction of sp³-hybridized carbons (Fsp3) is 0.231. The van der Waals surface area contributed by atoms with Gasteiger partial charge in [0.25, 0.3) is 0 Å². The molecule has 1 aromatic rings. The van der Waals surface area contributed by atoms with Crippen molar-refractivity contribution in [3.05, 3.63) is 40.4 Å². The summed E-state index contributed by atoms with van der Waals surface area (Å²) < 4.78 is 0.933. The van der Waals surface area contributed by atoms with E-state index in [1.165, 1.54) is 6.08 Å². The number of benzene rings is 1. The van der Waals surface area contributed by atoms with Crippen LogP contribution < -0.4 is 5.32 Å². The smallest absolute Gasteiger partial charge is 0.326 e. The van der Waals surface area contributed by atoms with Gasteiger partial charge in [-0.1, -0.05) is 28.1 Å². The van der Waals surface area contributed by atoms with Crippen LogP contribution in [0.2, 0.25) is 0 Å². The number of nitrogens with one attached hydrogen (secondary N) is 1. The second-order valence-corrected chi connectivity index (χ2v) is 4.71. The molecular formula is C13H14BrNO4. The molecule has 0 aliphatic rings. The molecule has 1 amide bonds. The van der Waals surface area contributed by atoms with E-state index >= 15 is 0 Å². The molecule has 102 valence electrons. The zero-order chi connectivity index (χ0) is 14.3. The van der Waals surface area contributed by atoms with Gasteiger partial charge in [0, 0.05) is 23.6 Å². The van der Waals surface area contributed by atoms with Crippen LogP contribution >= 0.6 is 15.9 Å². The normalized spacial score (nSPS) is 12.3. The van der Waals surface area contributed by atoms with Crippen LogP contribution in [0.4, 0.5) is 0 Å². The molecule has 1 atom stereocenters. The maximum atomic E-state index is 11.5. The van der Waals surface area contributed by atoms with Gasteiger partial charge in [0.05, 0.1) is 0 Å². The summed E-state index contributed by atoms with van der Waals surface area (Å²) in [6.45, 7) is -0.298. The van der Waals surface area contributed by atoms with Gasteiger partial charge >= 0.3 is 5.97 Å². The molecule has 0 radical (unpaired) electrons. The molecule has 0 heterocycles. The number of carboxylic acids is 1. The summed E-state index contributed by atoms with van der Waals surface area (Å²) in [5.41, 5.74) is 0.826. The quantitative estimate of drug-likeness (QED) is 0.689. The van der Waals surface area contributed by atoms with Crippen LogP contribution in [0.15, 0.2) is 34.8 Å². The number of aliphatic hydroxyl groups is 1. The zero-order valence-electron chi connectivity index (χ0n) is 10.0. The van der Waals surface area contributed by atoms with Crippen molar-refractivity contribution in [2.45, 2.75) is 12.5 Å². The van der Waals surface area contributed by atoms with E-state index in [0.29, 0.717) is 0 Å². The highest BCUT2D eigenvalue weighted by Crippen LogP contribution is 2.11. The lowest BCUT2D eigenvalue weighted by Gasteiger charge is -2.11. The van der Waals surface area contributed by atoms with E-state index in [2.05, 4.69) is 21.2 Å². The summed E-state index contributed by atoms with van der Waals surface area (Å²) >= 11 is 3.30. The summed E-state index contributed by atoms with van der Waals surface area (Å²) in [6, 6.07) is 6.23. The number of carbonyl (C=O) groups is 2. The number of amides is 1. The Morgan fingerprint density at radius 2 is 1.95 bits per heavy atom. The molecule has 0 aromatic heterocycles. The zero-order valence-corrected chi connectivity index (χ0v) is 11.6. The first-order chi connectivity index (χ1) is 9.02. The molecule has 0 aliphatic carbocycles. The minimum absolute atomic E-state index is 0.0206. The molecule has 0 bridgehead atoms. The fourth-order valence-electron chi connectivity index (χ4n) is 1.35. The molecule has 0 fully saturated rings. The number of carboxylic acid groups (broad SMARTS) is 1. The highest BCUT2D eigenvalue weighted by Gasteiger charge is 2.17. The van der Waals surface area contributed by atoms with Crippen molar-refractivity contribution in [1.29, 1.82) is 0 Å². The van der Waals surface area contributed by atoms with E-state index in [-0.39, 0.29) is 13.0 Å². The van der Waals surface area contributed by atoms with Crippen molar-refractivity contribution in [2.75, 3.05) is 6.61 Å². The Hall–Kier alpha value is -1.66. The lowest BCUT2D eigenvalue weighted by Crippen LogP contribution is -2.40. The van der Waals surface area contributed by atoms with Gasteiger partial charge in [-0.3, -0.25) is 4.79 Å². The molecule has 5 nitrogen and oxygen atoms in total. The number of carbonyl (C=O) groups excluding carboxylic acids is 1. The third-order valence-electron chi connectivity index (χ3n) is 2.33. The van der Waals surface area contributed by atoms with Gasteiger partial charge in [0.1, 0.15) is 6.04 Å². The third-order valence-corrected chi connectivity index (χ3v) is 2.86. The maximum Gasteiger partial charge on any atom is 0.326 e. The third kappa shape index (κ3) is 5.67. The molecule has 3 N–H and O–H groups in total. The Labute approximate surface area is 119 Å². The first-order valence-electron chi connectivity index (χ1n) is 5.60. The SMILES string of the molecule is O=C(/C=C/c1ccc(Br)cc1)N[C@H](CCO)C(=O)O. The average molecular weight is 328 g/mol. The van der Waals surface area contributed by atoms with Crippen molar-refractivity contribution in [2.24, 2.45) is 0 Å². The largest absolute Gasteiger partial charge is 0.480 e. The molecule has 0 saturated carbocycles. The standard InChI is InChI=1S/C13H14BrNO4/c14-10-4-1-9(2-5-10)3-6-12(17)15-11(7-8-16)13(18)19/h1-6,11,16H,7-8H2,(H,15,17)(H,18,19)/b6-3+/t11-/m1/s1. The molecule has 1 rings (SSSR count). The molecule has 0 unspecified atom stereocenters. The van der Waals surface area contributed by atoms with Crippen molar-refractivity contribution in [3.8, 4) is 0 Å². The maximum absolute atomic E-state index is 11.5. The minimum Gasteiger partial charge on any atom is -0.480 e. The van der Waals surface area contributed by atoms with Crippen LogP contribution in [0.5, 0.6) is 0 Å². The summed E-state index contributed by atoms with van der Waals surface area (Å²) in [6.07, 6.45) is 2.82. The van der Waals surface area contributed by atoms with Crippen molar-refractivity contribution >= 4 is 33.9 Å². The van der Waals surface area contributed by atoms with E-state index in [0.717, 1.165) is 10.0 Å². The summed E-state index contributed by atoms with van der Waals surface area (Å²) in [5.74, 6) is -1.68. The van der Waals surface area contributed by atoms with Gasteiger partial charge in [-0.15, -0.1) is 0 Å². The van der Waals surface area contributed by atoms with Crippen LogP contribution in [0.3, 0.4) is 0 Å². The van der Waals surface area contributed by atoms with Crippen LogP contribution in [0, 0.1) is 0 Å². The minimum atomic E-state index is -1.17. The molecule has 0 aliphatic heterocycles. The van der Waals surface area contributed by atoms with Gasteiger partial charge in [0.2, 0.25) is 5.91 Å². The second kappa shape index (κ2) is 7.70. The molecule has 1 aromatic carbocycles. The van der Waals surface area contributed by atoms with Crippen molar-refractivity contribution < 1.29 is 19.8 Å². The predicted molar refractivity (Wildman–Crippen MR) is 74.4 cm³/mol. The van der Waals surface area contributed by atoms with Crippen LogP contribution in [0.1, 0.15) is 12.0 Å². The number of aliphatic hydroxyl groups excluding tert-OH is 1. The molecule has 0 spiro atoms. The summed E-state index contributed by atoms with van der Waals surface area (Å²) in [7, 11) is 0. The Morgan fingerprint density at radius 3 is 2.47 bits per heavy atom. The first-order valence-corrected chi connectivity index (χ1v) is 6.40. The van der Waals surface area contributed by atoms with Crippen LogP contribution in [-0.2, 0) is 9.59 Å². The first kappa shape index (κ1) is 15.4.